The number of hydrogen-bond donors (Lipinski definition) is 0. The maximum absolute atomic E-state index is 12.9. The topological polar surface area (TPSA) is 77.3 Å². The smallest absolute Gasteiger partial charge is 0.311 e. The fourth-order valence-electron chi connectivity index (χ4n) is 11.3. The lowest BCUT2D eigenvalue weighted by atomic mass is 9.47. The lowest BCUT2D eigenvalue weighted by Crippen LogP contribution is -2.51. The first-order chi connectivity index (χ1) is 25.5. The Bertz CT molecular complexity index is 1570. The summed E-state index contributed by atoms with van der Waals surface area (Å²) < 4.78 is 11.6. The number of unbranched alkanes of at least 4 members (excludes halogenated alkanes) is 3. The van der Waals surface area contributed by atoms with Gasteiger partial charge in [-0.3, -0.25) is 9.59 Å². The third-order valence-electron chi connectivity index (χ3n) is 14.2. The van der Waals surface area contributed by atoms with E-state index in [9.17, 15) is 9.59 Å². The van der Waals surface area contributed by atoms with Gasteiger partial charge < -0.3 is 9.47 Å². The first kappa shape index (κ1) is 39.4. The number of esters is 2. The summed E-state index contributed by atoms with van der Waals surface area (Å²) in [4.78, 5) is 25.3. The van der Waals surface area contributed by atoms with E-state index in [4.69, 9.17) is 9.47 Å². The van der Waals surface area contributed by atoms with Crippen LogP contribution in [0, 0.1) is 46.3 Å². The molecule has 1 unspecified atom stereocenters. The molecular weight excluding hydrogens is 657 g/mol. The Morgan fingerprint density at radius 1 is 0.755 bits per heavy atom. The van der Waals surface area contributed by atoms with Gasteiger partial charge in [-0.2, -0.15) is 10.2 Å². The fourth-order valence-corrected chi connectivity index (χ4v) is 11.3. The van der Waals surface area contributed by atoms with E-state index in [1.165, 1.54) is 51.4 Å². The Kier molecular flexibility index (Phi) is 13.3. The van der Waals surface area contributed by atoms with E-state index in [1.54, 1.807) is 29.8 Å². The van der Waals surface area contributed by atoms with Crippen LogP contribution in [0.3, 0.4) is 0 Å². The Morgan fingerprint density at radius 3 is 2.17 bits per heavy atom. The minimum Gasteiger partial charge on any atom is -0.462 e. The number of azo groups is 1. The van der Waals surface area contributed by atoms with E-state index < -0.39 is 0 Å². The Morgan fingerprint density at radius 2 is 1.45 bits per heavy atom. The summed E-state index contributed by atoms with van der Waals surface area (Å²) in [5.74, 6) is 5.24. The van der Waals surface area contributed by atoms with Crippen LogP contribution >= 0.6 is 0 Å². The summed E-state index contributed by atoms with van der Waals surface area (Å²) in [5.41, 5.74) is 3.85. The van der Waals surface area contributed by atoms with Gasteiger partial charge in [0.05, 0.1) is 11.4 Å². The molecule has 0 heterocycles. The first-order valence-corrected chi connectivity index (χ1v) is 21.2. The molecule has 4 aliphatic carbocycles. The van der Waals surface area contributed by atoms with Crippen LogP contribution in [-0.4, -0.2) is 18.0 Å². The second-order valence-electron chi connectivity index (χ2n) is 18.1. The quantitative estimate of drug-likeness (QED) is 0.0568. The normalized spacial score (nSPS) is 29.9. The highest BCUT2D eigenvalue weighted by Crippen LogP contribution is 2.67. The molecule has 0 aromatic heterocycles. The summed E-state index contributed by atoms with van der Waals surface area (Å²) in [6.07, 6.45) is 20.8. The third-order valence-corrected chi connectivity index (χ3v) is 14.2. The summed E-state index contributed by atoms with van der Waals surface area (Å²) in [6, 6.07) is 16.6. The zero-order valence-corrected chi connectivity index (χ0v) is 33.4. The molecule has 8 atom stereocenters. The van der Waals surface area contributed by atoms with Crippen LogP contribution in [0.1, 0.15) is 144 Å². The van der Waals surface area contributed by atoms with E-state index in [0.717, 1.165) is 86.1 Å². The standard InChI is InChI=1S/C47H66N2O4/c1-33(2)14-13-15-34(3)41-26-27-42-40-25-20-35-32-39(28-30-46(35,4)43(40)29-31-47(41,42)5)53-45(51)19-12-7-6-11-18-44(50)52-38-23-21-37(22-24-38)49-48-36-16-9-8-10-17-36/h8-10,16-17,20-24,33-34,39-43H,6-7,11-15,18-19,25-32H2,1-5H3/t34-,39?,40+,41-,42+,43+,46+,47-/m1/s1. The number of benzene rings is 2. The number of rotatable bonds is 16. The fraction of sp³-hybridized carbons (Fsp3) is 0.660. The number of fused-ring (bicyclic) bond motifs is 5. The second kappa shape index (κ2) is 17.9. The molecule has 3 fully saturated rings. The molecule has 53 heavy (non-hydrogen) atoms. The van der Waals surface area contributed by atoms with Crippen molar-refractivity contribution in [1.29, 1.82) is 0 Å². The average molecular weight is 723 g/mol. The van der Waals surface area contributed by atoms with Gasteiger partial charge in [-0.1, -0.05) is 96.6 Å². The van der Waals surface area contributed by atoms with Gasteiger partial charge in [0.15, 0.2) is 0 Å². The molecule has 0 radical (unpaired) electrons. The molecule has 0 bridgehead atoms. The van der Waals surface area contributed by atoms with Gasteiger partial charge in [-0.05, 0) is 141 Å². The minimum atomic E-state index is -0.243. The average Bonchev–Trinajstić information content (AvgIpc) is 3.50. The lowest BCUT2D eigenvalue weighted by Gasteiger charge is -2.58. The van der Waals surface area contributed by atoms with Crippen molar-refractivity contribution in [2.75, 3.05) is 0 Å². The van der Waals surface area contributed by atoms with Crippen molar-refractivity contribution < 1.29 is 19.1 Å². The molecule has 0 aliphatic heterocycles. The van der Waals surface area contributed by atoms with E-state index in [1.807, 2.05) is 30.3 Å². The van der Waals surface area contributed by atoms with Gasteiger partial charge in [-0.25, -0.2) is 0 Å². The minimum absolute atomic E-state index is 0.0190. The number of ether oxygens (including phenoxy) is 2. The molecule has 288 valence electrons. The zero-order chi connectivity index (χ0) is 37.4. The molecule has 0 spiro atoms. The third kappa shape index (κ3) is 9.70. The lowest BCUT2D eigenvalue weighted by molar-refractivity contribution is -0.151. The number of nitrogens with zero attached hydrogens (tertiary/aromatic N) is 2. The van der Waals surface area contributed by atoms with E-state index in [2.05, 4.69) is 50.9 Å². The Labute approximate surface area is 320 Å². The number of allylic oxidation sites excluding steroid dienone is 1. The van der Waals surface area contributed by atoms with Crippen molar-refractivity contribution in [2.24, 2.45) is 56.6 Å². The van der Waals surface area contributed by atoms with Crippen LogP contribution < -0.4 is 4.74 Å². The van der Waals surface area contributed by atoms with Gasteiger partial charge in [0.1, 0.15) is 11.9 Å². The van der Waals surface area contributed by atoms with E-state index in [0.29, 0.717) is 29.7 Å². The van der Waals surface area contributed by atoms with Gasteiger partial charge >= 0.3 is 11.9 Å². The monoisotopic (exact) mass is 723 g/mol. The molecule has 3 saturated carbocycles. The molecule has 4 aliphatic rings. The summed E-state index contributed by atoms with van der Waals surface area (Å²) >= 11 is 0. The van der Waals surface area contributed by atoms with Crippen LogP contribution in [0.25, 0.3) is 0 Å². The summed E-state index contributed by atoms with van der Waals surface area (Å²) in [5, 5.41) is 8.44. The molecule has 6 heteroatoms. The van der Waals surface area contributed by atoms with Crippen LogP contribution in [0.15, 0.2) is 76.5 Å². The highest BCUT2D eigenvalue weighted by atomic mass is 16.5. The maximum Gasteiger partial charge on any atom is 0.311 e. The van der Waals surface area contributed by atoms with Crippen molar-refractivity contribution in [3.05, 3.63) is 66.2 Å². The SMILES string of the molecule is CC(C)CCC[C@@H](C)[C@H]1CC[C@H]2[C@@H]3CC=C4CC(OC(=O)CCCCCCC(=O)Oc5ccc(N=Nc6ccccc6)cc5)CC[C@]4(C)[C@H]3CC[C@]12C. The van der Waals surface area contributed by atoms with Gasteiger partial charge in [-0.15, -0.1) is 0 Å². The van der Waals surface area contributed by atoms with Crippen molar-refractivity contribution in [2.45, 2.75) is 150 Å². The summed E-state index contributed by atoms with van der Waals surface area (Å²) in [7, 11) is 0. The number of carbonyl (C=O) groups excluding carboxylic acids is 2. The van der Waals surface area contributed by atoms with Gasteiger partial charge in [0.2, 0.25) is 0 Å². The van der Waals surface area contributed by atoms with Crippen LogP contribution in [0.2, 0.25) is 0 Å². The second-order valence-corrected chi connectivity index (χ2v) is 18.1. The predicted octanol–water partition coefficient (Wildman–Crippen LogP) is 13.3. The first-order valence-electron chi connectivity index (χ1n) is 21.2. The zero-order valence-electron chi connectivity index (χ0n) is 33.4. The highest BCUT2D eigenvalue weighted by molar-refractivity contribution is 5.72. The molecule has 6 rings (SSSR count). The molecule has 0 N–H and O–H groups in total. The number of carbonyl (C=O) groups is 2. The van der Waals surface area contributed by atoms with E-state index >= 15 is 0 Å². The molecule has 6 nitrogen and oxygen atoms in total. The van der Waals surface area contributed by atoms with Crippen LogP contribution in [-0.2, 0) is 14.3 Å². The molecule has 0 amide bonds. The highest BCUT2D eigenvalue weighted by Gasteiger charge is 2.59. The van der Waals surface area contributed by atoms with Crippen molar-refractivity contribution >= 4 is 23.3 Å². The largest absolute Gasteiger partial charge is 0.462 e. The van der Waals surface area contributed by atoms with Gasteiger partial charge in [0.25, 0.3) is 0 Å². The van der Waals surface area contributed by atoms with Crippen LogP contribution in [0.5, 0.6) is 5.75 Å². The Hall–Kier alpha value is -3.28. The van der Waals surface area contributed by atoms with Crippen molar-refractivity contribution in [1.82, 2.24) is 0 Å². The van der Waals surface area contributed by atoms with Crippen molar-refractivity contribution in [3.63, 3.8) is 0 Å². The number of hydrogen-bond acceptors (Lipinski definition) is 6. The predicted molar refractivity (Wildman–Crippen MR) is 213 cm³/mol. The molecule has 2 aromatic rings. The Balaban J connectivity index is 0.875. The molecular formula is C47H66N2O4. The maximum atomic E-state index is 12.9. The molecule has 0 saturated heterocycles. The molecule has 2 aromatic carbocycles. The van der Waals surface area contributed by atoms with Crippen LogP contribution in [0.4, 0.5) is 11.4 Å². The summed E-state index contributed by atoms with van der Waals surface area (Å²) in [6.45, 7) is 12.5. The van der Waals surface area contributed by atoms with E-state index in [-0.39, 0.29) is 23.5 Å². The van der Waals surface area contributed by atoms with Crippen molar-refractivity contribution in [3.8, 4) is 5.75 Å². The van der Waals surface area contributed by atoms with Gasteiger partial charge in [0, 0.05) is 19.3 Å².